The highest BCUT2D eigenvalue weighted by Gasteiger charge is 2.40. The summed E-state index contributed by atoms with van der Waals surface area (Å²) >= 11 is 0. The molecule has 1 aliphatic rings. The molecule has 1 heterocycles. The molecule has 0 fully saturated rings. The minimum Gasteiger partial charge on any atom is -0.497 e. The van der Waals surface area contributed by atoms with Gasteiger partial charge in [-0.05, 0) is 41.4 Å². The molecule has 2 aromatic carbocycles. The van der Waals surface area contributed by atoms with Gasteiger partial charge in [0.1, 0.15) is 11.3 Å². The quantitative estimate of drug-likeness (QED) is 0.239. The van der Waals surface area contributed by atoms with Crippen LogP contribution in [0, 0.1) is 10.1 Å². The number of carbonyl (C=O) groups excluding carboxylic acids is 1. The summed E-state index contributed by atoms with van der Waals surface area (Å²) in [5.41, 5.74) is 1.46. The normalized spacial score (nSPS) is 15.8. The number of nitrogens with zero attached hydrogens (tertiary/aromatic N) is 2. The van der Waals surface area contributed by atoms with Crippen molar-refractivity contribution in [2.24, 2.45) is 0 Å². The molecule has 200 valence electrons. The molecule has 1 amide bonds. The van der Waals surface area contributed by atoms with Crippen molar-refractivity contribution in [1.82, 2.24) is 4.90 Å². The van der Waals surface area contributed by atoms with Crippen molar-refractivity contribution in [3.05, 3.63) is 63.7 Å². The second-order valence-corrected chi connectivity index (χ2v) is 15.3. The SMILES string of the molecule is COc1ccc(C2=C[C@@H](CO[Si](C)(C)C(C)(C)C)N(C(=O)c3cc(OC)c(OC)cc3[N+](=O)[O-])C2)cc1. The first kappa shape index (κ1) is 28.2. The molecule has 37 heavy (non-hydrogen) atoms. The minimum absolute atomic E-state index is 0.00882. The average Bonchev–Trinajstić information content (AvgIpc) is 3.29. The Morgan fingerprint density at radius 2 is 1.65 bits per heavy atom. The Morgan fingerprint density at radius 3 is 2.16 bits per heavy atom. The van der Waals surface area contributed by atoms with E-state index in [1.807, 2.05) is 30.3 Å². The molecule has 0 N–H and O–H groups in total. The monoisotopic (exact) mass is 528 g/mol. The average molecular weight is 529 g/mol. The Balaban J connectivity index is 2.02. The summed E-state index contributed by atoms with van der Waals surface area (Å²) in [4.78, 5) is 26.8. The number of rotatable bonds is 9. The van der Waals surface area contributed by atoms with Crippen LogP contribution in [0.5, 0.6) is 17.2 Å². The van der Waals surface area contributed by atoms with Crippen molar-refractivity contribution < 1.29 is 28.4 Å². The van der Waals surface area contributed by atoms with E-state index in [-0.39, 0.29) is 34.3 Å². The predicted molar refractivity (Wildman–Crippen MR) is 145 cm³/mol. The first-order valence-electron chi connectivity index (χ1n) is 12.0. The van der Waals surface area contributed by atoms with Gasteiger partial charge >= 0.3 is 0 Å². The van der Waals surface area contributed by atoms with E-state index < -0.39 is 25.2 Å². The summed E-state index contributed by atoms with van der Waals surface area (Å²) in [5, 5.41) is 11.9. The molecule has 0 aliphatic carbocycles. The largest absolute Gasteiger partial charge is 0.497 e. The van der Waals surface area contributed by atoms with Crippen LogP contribution in [0.25, 0.3) is 5.57 Å². The Bertz CT molecular complexity index is 1190. The highest BCUT2D eigenvalue weighted by atomic mass is 28.4. The second kappa shape index (κ2) is 10.9. The first-order valence-corrected chi connectivity index (χ1v) is 14.9. The molecule has 0 aromatic heterocycles. The summed E-state index contributed by atoms with van der Waals surface area (Å²) in [6.45, 7) is 11.3. The molecule has 0 bridgehead atoms. The number of ether oxygens (including phenoxy) is 3. The van der Waals surface area contributed by atoms with Gasteiger partial charge in [0.15, 0.2) is 19.8 Å². The van der Waals surface area contributed by atoms with Gasteiger partial charge in [0.25, 0.3) is 11.6 Å². The van der Waals surface area contributed by atoms with Gasteiger partial charge in [0.05, 0.1) is 45.0 Å². The van der Waals surface area contributed by atoms with Gasteiger partial charge in [-0.15, -0.1) is 0 Å². The molecule has 10 heteroatoms. The van der Waals surface area contributed by atoms with Gasteiger partial charge < -0.3 is 23.5 Å². The Morgan fingerprint density at radius 1 is 1.05 bits per heavy atom. The third kappa shape index (κ3) is 5.97. The van der Waals surface area contributed by atoms with E-state index in [1.165, 1.54) is 26.4 Å². The van der Waals surface area contributed by atoms with Gasteiger partial charge in [0.2, 0.25) is 0 Å². The third-order valence-electron chi connectivity index (χ3n) is 7.21. The van der Waals surface area contributed by atoms with E-state index in [0.717, 1.165) is 16.9 Å². The maximum Gasteiger partial charge on any atom is 0.286 e. The molecule has 1 aliphatic heterocycles. The molecule has 0 saturated carbocycles. The van der Waals surface area contributed by atoms with Gasteiger partial charge in [-0.1, -0.05) is 39.0 Å². The number of benzene rings is 2. The van der Waals surface area contributed by atoms with Crippen LogP contribution in [0.1, 0.15) is 36.7 Å². The first-order chi connectivity index (χ1) is 17.3. The molecule has 1 atom stereocenters. The number of hydrogen-bond donors (Lipinski definition) is 0. The lowest BCUT2D eigenvalue weighted by molar-refractivity contribution is -0.385. The van der Waals surface area contributed by atoms with Crippen molar-refractivity contribution in [1.29, 1.82) is 0 Å². The zero-order valence-electron chi connectivity index (χ0n) is 22.8. The van der Waals surface area contributed by atoms with E-state index in [4.69, 9.17) is 18.6 Å². The molecule has 0 spiro atoms. The predicted octanol–water partition coefficient (Wildman–Crippen LogP) is 5.55. The van der Waals surface area contributed by atoms with Crippen LogP contribution in [0.3, 0.4) is 0 Å². The lowest BCUT2D eigenvalue weighted by Crippen LogP contribution is -2.46. The van der Waals surface area contributed by atoms with Gasteiger partial charge in [-0.3, -0.25) is 14.9 Å². The summed E-state index contributed by atoms with van der Waals surface area (Å²) in [7, 11) is 2.31. The van der Waals surface area contributed by atoms with E-state index in [1.54, 1.807) is 12.0 Å². The molecule has 0 unspecified atom stereocenters. The number of carbonyl (C=O) groups is 1. The zero-order valence-corrected chi connectivity index (χ0v) is 23.8. The molecule has 9 nitrogen and oxygen atoms in total. The maximum absolute atomic E-state index is 13.9. The van der Waals surface area contributed by atoms with Gasteiger partial charge in [0, 0.05) is 12.6 Å². The van der Waals surface area contributed by atoms with Crippen molar-refractivity contribution in [2.75, 3.05) is 34.5 Å². The highest BCUT2D eigenvalue weighted by molar-refractivity contribution is 6.74. The number of amides is 1. The van der Waals surface area contributed by atoms with Crippen LogP contribution in [-0.4, -0.2) is 64.6 Å². The van der Waals surface area contributed by atoms with Crippen LogP contribution in [0.4, 0.5) is 5.69 Å². The van der Waals surface area contributed by atoms with Crippen LogP contribution in [0.2, 0.25) is 18.1 Å². The van der Waals surface area contributed by atoms with E-state index >= 15 is 0 Å². The lowest BCUT2D eigenvalue weighted by Gasteiger charge is -2.37. The van der Waals surface area contributed by atoms with Gasteiger partial charge in [-0.2, -0.15) is 0 Å². The highest BCUT2D eigenvalue weighted by Crippen LogP contribution is 2.39. The summed E-state index contributed by atoms with van der Waals surface area (Å²) in [5.74, 6) is 0.681. The molecular formula is C27H36N2O7Si. The fourth-order valence-corrected chi connectivity index (χ4v) is 4.90. The molecule has 0 saturated heterocycles. The number of nitro benzene ring substituents is 1. The van der Waals surface area contributed by atoms with Crippen molar-refractivity contribution in [3.8, 4) is 17.2 Å². The van der Waals surface area contributed by atoms with Gasteiger partial charge in [-0.25, -0.2) is 0 Å². The van der Waals surface area contributed by atoms with Crippen LogP contribution < -0.4 is 14.2 Å². The van der Waals surface area contributed by atoms with Crippen LogP contribution in [0.15, 0.2) is 42.5 Å². The standard InChI is InChI=1S/C27H36N2O7Si/c1-27(2,3)37(7,8)36-17-20-13-19(18-9-11-21(33-4)12-10-18)16-28(20)26(30)22-14-24(34-5)25(35-6)15-23(22)29(31)32/h9-15,20H,16-17H2,1-8H3/t20-/m0/s1. The third-order valence-corrected chi connectivity index (χ3v) is 11.7. The van der Waals surface area contributed by atoms with E-state index in [0.29, 0.717) is 6.61 Å². The summed E-state index contributed by atoms with van der Waals surface area (Å²) in [6.07, 6.45) is 2.01. The minimum atomic E-state index is -2.11. The van der Waals surface area contributed by atoms with E-state index in [2.05, 4.69) is 33.9 Å². The number of nitro groups is 1. The number of hydrogen-bond acceptors (Lipinski definition) is 7. The Labute approximate surface area is 219 Å². The lowest BCUT2D eigenvalue weighted by atomic mass is 10.1. The second-order valence-electron chi connectivity index (χ2n) is 10.5. The van der Waals surface area contributed by atoms with Crippen LogP contribution in [-0.2, 0) is 4.43 Å². The number of methoxy groups -OCH3 is 3. The van der Waals surface area contributed by atoms with Crippen molar-refractivity contribution in [2.45, 2.75) is 44.9 Å². The van der Waals surface area contributed by atoms with Crippen molar-refractivity contribution >= 4 is 25.5 Å². The van der Waals surface area contributed by atoms with Crippen LogP contribution >= 0.6 is 0 Å². The summed E-state index contributed by atoms with van der Waals surface area (Å²) < 4.78 is 22.3. The topological polar surface area (TPSA) is 100 Å². The van der Waals surface area contributed by atoms with Crippen molar-refractivity contribution in [3.63, 3.8) is 0 Å². The van der Waals surface area contributed by atoms with E-state index in [9.17, 15) is 14.9 Å². The molecule has 2 aromatic rings. The fraction of sp³-hybridized carbons (Fsp3) is 0.444. The maximum atomic E-state index is 13.9. The molecule has 0 radical (unpaired) electrons. The summed E-state index contributed by atoms with van der Waals surface area (Å²) in [6, 6.07) is 9.79. The molecule has 3 rings (SSSR count). The fourth-order valence-electron chi connectivity index (χ4n) is 3.88. The Kier molecular flexibility index (Phi) is 8.34. The Hall–Kier alpha value is -3.37. The smallest absolute Gasteiger partial charge is 0.286 e. The zero-order chi connectivity index (χ0) is 27.5. The molecular weight excluding hydrogens is 492 g/mol.